The highest BCUT2D eigenvalue weighted by Gasteiger charge is 2.33. The number of hydrogen-bond acceptors (Lipinski definition) is 2. The molecule has 1 amide bonds. The van der Waals surface area contributed by atoms with Gasteiger partial charge in [0.25, 0.3) is 0 Å². The van der Waals surface area contributed by atoms with Crippen molar-refractivity contribution in [3.8, 4) is 0 Å². The second-order valence-electron chi connectivity index (χ2n) is 5.77. The molecule has 23 heavy (non-hydrogen) atoms. The standard InChI is InChI=1S/C16H21F3N2O.ClH/c1-2-14(15(22)21-8-4-7-13(20)10-21)11-5-3-6-12(9-11)16(17,18)19;/h3,5-6,9,13-14H,2,4,7-8,10,20H2,1H3;1H. The van der Waals surface area contributed by atoms with Gasteiger partial charge in [-0.05, 0) is 30.9 Å². The Morgan fingerprint density at radius 2 is 2.13 bits per heavy atom. The SMILES string of the molecule is CCC(C(=O)N1CCCC(N)C1)c1cccc(C(F)(F)F)c1.Cl. The summed E-state index contributed by atoms with van der Waals surface area (Å²) in [4.78, 5) is 14.3. The van der Waals surface area contributed by atoms with Crippen LogP contribution < -0.4 is 5.73 Å². The Hall–Kier alpha value is -1.27. The van der Waals surface area contributed by atoms with Crippen LogP contribution >= 0.6 is 12.4 Å². The molecule has 0 saturated carbocycles. The molecule has 1 aliphatic heterocycles. The number of alkyl halides is 3. The summed E-state index contributed by atoms with van der Waals surface area (Å²) < 4.78 is 38.5. The fraction of sp³-hybridized carbons (Fsp3) is 0.562. The van der Waals surface area contributed by atoms with Crippen LogP contribution in [0.3, 0.4) is 0 Å². The van der Waals surface area contributed by atoms with E-state index in [2.05, 4.69) is 0 Å². The molecule has 2 N–H and O–H groups in total. The quantitative estimate of drug-likeness (QED) is 0.905. The van der Waals surface area contributed by atoms with Crippen molar-refractivity contribution in [3.63, 3.8) is 0 Å². The lowest BCUT2D eigenvalue weighted by Gasteiger charge is -2.33. The number of hydrogen-bond donors (Lipinski definition) is 1. The first-order valence-corrected chi connectivity index (χ1v) is 7.54. The Morgan fingerprint density at radius 1 is 1.43 bits per heavy atom. The van der Waals surface area contributed by atoms with Crippen LogP contribution in [0.5, 0.6) is 0 Å². The van der Waals surface area contributed by atoms with E-state index in [0.29, 0.717) is 25.1 Å². The zero-order valence-electron chi connectivity index (χ0n) is 13.0. The molecule has 1 aliphatic rings. The van der Waals surface area contributed by atoms with Crippen LogP contribution in [0.2, 0.25) is 0 Å². The van der Waals surface area contributed by atoms with Crippen molar-refractivity contribution in [1.29, 1.82) is 0 Å². The molecule has 0 spiro atoms. The first kappa shape index (κ1) is 19.8. The number of nitrogens with two attached hydrogens (primary N) is 1. The Kier molecular flexibility index (Phi) is 6.89. The molecule has 130 valence electrons. The Balaban J connectivity index is 0.00000264. The number of carbonyl (C=O) groups excluding carboxylic acids is 1. The highest BCUT2D eigenvalue weighted by atomic mass is 35.5. The van der Waals surface area contributed by atoms with Gasteiger partial charge in [0.2, 0.25) is 5.91 Å². The number of rotatable bonds is 3. The van der Waals surface area contributed by atoms with E-state index >= 15 is 0 Å². The maximum Gasteiger partial charge on any atom is 0.416 e. The van der Waals surface area contributed by atoms with Crippen LogP contribution in [0.4, 0.5) is 13.2 Å². The molecule has 0 bridgehead atoms. The van der Waals surface area contributed by atoms with Gasteiger partial charge >= 0.3 is 6.18 Å². The normalized spacial score (nSPS) is 19.9. The largest absolute Gasteiger partial charge is 0.416 e. The third-order valence-electron chi connectivity index (χ3n) is 4.09. The Bertz CT molecular complexity index is 536. The van der Waals surface area contributed by atoms with Crippen LogP contribution in [0, 0.1) is 0 Å². The molecule has 1 fully saturated rings. The van der Waals surface area contributed by atoms with Crippen LogP contribution in [0.25, 0.3) is 0 Å². The van der Waals surface area contributed by atoms with E-state index in [-0.39, 0.29) is 24.4 Å². The fourth-order valence-corrected chi connectivity index (χ4v) is 2.92. The summed E-state index contributed by atoms with van der Waals surface area (Å²) in [5.74, 6) is -0.676. The Morgan fingerprint density at radius 3 is 2.70 bits per heavy atom. The van der Waals surface area contributed by atoms with Gasteiger partial charge < -0.3 is 10.6 Å². The van der Waals surface area contributed by atoms with Gasteiger partial charge in [-0.3, -0.25) is 4.79 Å². The number of benzene rings is 1. The van der Waals surface area contributed by atoms with E-state index in [1.165, 1.54) is 6.07 Å². The van der Waals surface area contributed by atoms with Gasteiger partial charge in [-0.25, -0.2) is 0 Å². The van der Waals surface area contributed by atoms with Crippen LogP contribution in [0.15, 0.2) is 24.3 Å². The first-order valence-electron chi connectivity index (χ1n) is 7.54. The maximum absolute atomic E-state index is 12.8. The Labute approximate surface area is 140 Å². The van der Waals surface area contributed by atoms with Gasteiger partial charge in [0.05, 0.1) is 11.5 Å². The lowest BCUT2D eigenvalue weighted by molar-refractivity contribution is -0.138. The van der Waals surface area contributed by atoms with Gasteiger partial charge in [-0.2, -0.15) is 13.2 Å². The van der Waals surface area contributed by atoms with Crippen molar-refractivity contribution in [2.75, 3.05) is 13.1 Å². The van der Waals surface area contributed by atoms with Gasteiger partial charge in [-0.1, -0.05) is 25.1 Å². The van der Waals surface area contributed by atoms with Crippen molar-refractivity contribution in [2.24, 2.45) is 5.73 Å². The molecule has 1 aromatic rings. The predicted molar refractivity (Wildman–Crippen MR) is 85.5 cm³/mol. The van der Waals surface area contributed by atoms with Crippen molar-refractivity contribution in [2.45, 2.75) is 44.3 Å². The number of nitrogens with zero attached hydrogens (tertiary/aromatic N) is 1. The van der Waals surface area contributed by atoms with E-state index in [9.17, 15) is 18.0 Å². The summed E-state index contributed by atoms with van der Waals surface area (Å²) in [6, 6.07) is 5.01. The number of likely N-dealkylation sites (tertiary alicyclic amines) is 1. The van der Waals surface area contributed by atoms with Crippen molar-refractivity contribution in [1.82, 2.24) is 4.90 Å². The second kappa shape index (κ2) is 8.02. The van der Waals surface area contributed by atoms with Crippen molar-refractivity contribution < 1.29 is 18.0 Å². The van der Waals surface area contributed by atoms with E-state index in [4.69, 9.17) is 5.73 Å². The minimum absolute atomic E-state index is 0. The number of piperidine rings is 1. The van der Waals surface area contributed by atoms with E-state index < -0.39 is 17.7 Å². The summed E-state index contributed by atoms with van der Waals surface area (Å²) in [5, 5.41) is 0. The van der Waals surface area contributed by atoms with Gasteiger partial charge in [0, 0.05) is 19.1 Å². The maximum atomic E-state index is 12.8. The third kappa shape index (κ3) is 4.85. The van der Waals surface area contributed by atoms with Gasteiger partial charge in [0.15, 0.2) is 0 Å². The van der Waals surface area contributed by atoms with Crippen LogP contribution in [-0.2, 0) is 11.0 Å². The summed E-state index contributed by atoms with van der Waals surface area (Å²) in [5.41, 5.74) is 5.58. The fourth-order valence-electron chi connectivity index (χ4n) is 2.92. The topological polar surface area (TPSA) is 46.3 Å². The lowest BCUT2D eigenvalue weighted by Crippen LogP contribution is -2.47. The monoisotopic (exact) mass is 350 g/mol. The number of amides is 1. The molecule has 2 unspecified atom stereocenters. The zero-order valence-corrected chi connectivity index (χ0v) is 13.8. The average Bonchev–Trinajstić information content (AvgIpc) is 2.47. The highest BCUT2D eigenvalue weighted by molar-refractivity contribution is 5.85. The molecule has 1 heterocycles. The van der Waals surface area contributed by atoms with Crippen LogP contribution in [0.1, 0.15) is 43.2 Å². The smallest absolute Gasteiger partial charge is 0.341 e. The van der Waals surface area contributed by atoms with Crippen molar-refractivity contribution in [3.05, 3.63) is 35.4 Å². The summed E-state index contributed by atoms with van der Waals surface area (Å²) in [6.07, 6.45) is -2.22. The molecule has 1 saturated heterocycles. The second-order valence-corrected chi connectivity index (χ2v) is 5.77. The van der Waals surface area contributed by atoms with E-state index in [0.717, 1.165) is 25.0 Å². The molecule has 1 aromatic carbocycles. The van der Waals surface area contributed by atoms with Gasteiger partial charge in [-0.15, -0.1) is 12.4 Å². The van der Waals surface area contributed by atoms with E-state index in [1.54, 1.807) is 11.0 Å². The molecule has 0 radical (unpaired) electrons. The minimum Gasteiger partial charge on any atom is -0.341 e. The summed E-state index contributed by atoms with van der Waals surface area (Å²) in [6.45, 7) is 2.92. The molecule has 2 atom stereocenters. The molecular weight excluding hydrogens is 329 g/mol. The highest BCUT2D eigenvalue weighted by Crippen LogP contribution is 2.32. The molecule has 2 rings (SSSR count). The summed E-state index contributed by atoms with van der Waals surface area (Å²) in [7, 11) is 0. The first-order chi connectivity index (χ1) is 10.3. The minimum atomic E-state index is -4.40. The summed E-state index contributed by atoms with van der Waals surface area (Å²) >= 11 is 0. The van der Waals surface area contributed by atoms with Crippen molar-refractivity contribution >= 4 is 18.3 Å². The molecule has 3 nitrogen and oxygen atoms in total. The van der Waals surface area contributed by atoms with Crippen LogP contribution in [-0.4, -0.2) is 29.9 Å². The number of carbonyl (C=O) groups is 1. The average molecular weight is 351 g/mol. The number of halogens is 4. The molecule has 7 heteroatoms. The lowest BCUT2D eigenvalue weighted by atomic mass is 9.92. The molecule has 0 aliphatic carbocycles. The molecular formula is C16H22ClF3N2O. The predicted octanol–water partition coefficient (Wildman–Crippen LogP) is 3.57. The molecule has 0 aromatic heterocycles. The van der Waals surface area contributed by atoms with Gasteiger partial charge in [0.1, 0.15) is 0 Å². The van der Waals surface area contributed by atoms with E-state index in [1.807, 2.05) is 6.92 Å². The third-order valence-corrected chi connectivity index (χ3v) is 4.09. The zero-order chi connectivity index (χ0) is 16.3.